The second-order valence-electron chi connectivity index (χ2n) is 8.09. The summed E-state index contributed by atoms with van der Waals surface area (Å²) in [5.74, 6) is 6.56. The van der Waals surface area contributed by atoms with Gasteiger partial charge in [-0.15, -0.1) is 10.2 Å². The molecule has 3 heterocycles. The van der Waals surface area contributed by atoms with Crippen molar-refractivity contribution in [1.29, 1.82) is 0 Å². The molecular weight excluding hydrogens is 510 g/mol. The van der Waals surface area contributed by atoms with E-state index >= 15 is 0 Å². The van der Waals surface area contributed by atoms with Gasteiger partial charge in [-0.2, -0.15) is 0 Å². The Balaban J connectivity index is 1.53. The van der Waals surface area contributed by atoms with E-state index in [1.165, 1.54) is 28.9 Å². The normalized spacial score (nSPS) is 16.5. The molecule has 180 valence electrons. The lowest BCUT2D eigenvalue weighted by molar-refractivity contribution is 0.102. The van der Waals surface area contributed by atoms with Gasteiger partial charge in [0.15, 0.2) is 5.01 Å². The van der Waals surface area contributed by atoms with Crippen LogP contribution in [-0.4, -0.2) is 48.9 Å². The fourth-order valence-electron chi connectivity index (χ4n) is 3.71. The number of amides is 1. The number of pyridine rings is 1. The number of hydrogen-bond acceptors (Lipinski definition) is 8. The van der Waals surface area contributed by atoms with Crippen molar-refractivity contribution in [1.82, 2.24) is 15.2 Å². The molecule has 1 amide bonds. The number of nitrogens with one attached hydrogen (secondary N) is 1. The SMILES string of the molecule is COc1cnc(Cl)cc1-c1cc(N2CCCS2(=O)=O)ccc1C(=O)Nc1nnc(C#CC2CC2)s1. The molecule has 1 saturated heterocycles. The minimum atomic E-state index is -3.42. The standard InChI is InChI=1S/C23H20ClN5O4S2/c1-33-19-13-25-20(24)12-18(19)17-11-15(29-9-2-10-35(29,31)32)6-7-16(17)22(30)26-23-28-27-21(34-23)8-5-14-3-4-14/h6-7,11-14H,2-4,9-10H2,1H3,(H,26,28,30). The molecule has 1 saturated carbocycles. The van der Waals surface area contributed by atoms with Gasteiger partial charge in [0.05, 0.1) is 24.7 Å². The van der Waals surface area contributed by atoms with Gasteiger partial charge in [0.1, 0.15) is 10.9 Å². The third-order valence-electron chi connectivity index (χ3n) is 5.59. The molecule has 0 spiro atoms. The Hall–Kier alpha value is -3.20. The van der Waals surface area contributed by atoms with E-state index in [9.17, 15) is 13.2 Å². The molecule has 2 fully saturated rings. The minimum absolute atomic E-state index is 0.0813. The van der Waals surface area contributed by atoms with E-state index in [2.05, 4.69) is 32.3 Å². The molecular formula is C23H20ClN5O4S2. The molecule has 35 heavy (non-hydrogen) atoms. The zero-order chi connectivity index (χ0) is 24.6. The number of nitrogens with zero attached hydrogens (tertiary/aromatic N) is 4. The third-order valence-corrected chi connectivity index (χ3v) is 8.42. The van der Waals surface area contributed by atoms with Gasteiger partial charge in [0, 0.05) is 29.2 Å². The van der Waals surface area contributed by atoms with E-state index in [4.69, 9.17) is 16.3 Å². The van der Waals surface area contributed by atoms with Crippen molar-refractivity contribution in [2.45, 2.75) is 19.3 Å². The van der Waals surface area contributed by atoms with Crippen LogP contribution in [0.15, 0.2) is 30.5 Å². The zero-order valence-electron chi connectivity index (χ0n) is 18.6. The summed E-state index contributed by atoms with van der Waals surface area (Å²) in [5.41, 5.74) is 1.69. The van der Waals surface area contributed by atoms with Crippen molar-refractivity contribution in [3.05, 3.63) is 46.2 Å². The van der Waals surface area contributed by atoms with Crippen LogP contribution in [0.1, 0.15) is 34.6 Å². The van der Waals surface area contributed by atoms with E-state index < -0.39 is 15.9 Å². The summed E-state index contributed by atoms with van der Waals surface area (Å²) in [7, 11) is -1.93. The Morgan fingerprint density at radius 1 is 1.26 bits per heavy atom. The molecule has 0 unspecified atom stereocenters. The predicted octanol–water partition coefficient (Wildman–Crippen LogP) is 3.82. The largest absolute Gasteiger partial charge is 0.494 e. The van der Waals surface area contributed by atoms with Crippen LogP contribution >= 0.6 is 22.9 Å². The second kappa shape index (κ2) is 9.45. The van der Waals surface area contributed by atoms with Crippen LogP contribution in [0.2, 0.25) is 5.15 Å². The summed E-state index contributed by atoms with van der Waals surface area (Å²) in [4.78, 5) is 17.4. The van der Waals surface area contributed by atoms with Gasteiger partial charge >= 0.3 is 0 Å². The van der Waals surface area contributed by atoms with Gasteiger partial charge in [-0.3, -0.25) is 14.4 Å². The summed E-state index contributed by atoms with van der Waals surface area (Å²) in [6.45, 7) is 0.372. The van der Waals surface area contributed by atoms with Crippen LogP contribution in [0.25, 0.3) is 11.1 Å². The number of carbonyl (C=O) groups is 1. The Morgan fingerprint density at radius 3 is 2.80 bits per heavy atom. The predicted molar refractivity (Wildman–Crippen MR) is 134 cm³/mol. The molecule has 5 rings (SSSR count). The Morgan fingerprint density at radius 2 is 2.09 bits per heavy atom. The summed E-state index contributed by atoms with van der Waals surface area (Å²) in [5, 5.41) is 11.9. The molecule has 0 bridgehead atoms. The third kappa shape index (κ3) is 5.10. The number of benzene rings is 1. The van der Waals surface area contributed by atoms with E-state index in [0.29, 0.717) is 51.6 Å². The maximum atomic E-state index is 13.3. The average molecular weight is 530 g/mol. The van der Waals surface area contributed by atoms with Crippen molar-refractivity contribution < 1.29 is 17.9 Å². The number of methoxy groups -OCH3 is 1. The number of rotatable bonds is 5. The van der Waals surface area contributed by atoms with Gasteiger partial charge in [0.25, 0.3) is 5.91 Å². The summed E-state index contributed by atoms with van der Waals surface area (Å²) in [6, 6.07) is 6.42. The van der Waals surface area contributed by atoms with E-state index in [-0.39, 0.29) is 16.5 Å². The summed E-state index contributed by atoms with van der Waals surface area (Å²) < 4.78 is 31.8. The lowest BCUT2D eigenvalue weighted by atomic mass is 9.98. The fraction of sp³-hybridized carbons (Fsp3) is 0.304. The van der Waals surface area contributed by atoms with Crippen LogP contribution in [0.3, 0.4) is 0 Å². The molecule has 12 heteroatoms. The van der Waals surface area contributed by atoms with Crippen molar-refractivity contribution in [2.75, 3.05) is 29.0 Å². The molecule has 0 radical (unpaired) electrons. The van der Waals surface area contributed by atoms with Crippen LogP contribution in [0.5, 0.6) is 5.75 Å². The van der Waals surface area contributed by atoms with Crippen LogP contribution in [0, 0.1) is 17.8 Å². The molecule has 1 aliphatic heterocycles. The van der Waals surface area contributed by atoms with Crippen molar-refractivity contribution in [3.8, 4) is 28.7 Å². The lowest BCUT2D eigenvalue weighted by Gasteiger charge is -2.20. The first-order chi connectivity index (χ1) is 16.8. The zero-order valence-corrected chi connectivity index (χ0v) is 21.0. The molecule has 1 aliphatic carbocycles. The Bertz CT molecular complexity index is 1470. The minimum Gasteiger partial charge on any atom is -0.494 e. The smallest absolute Gasteiger partial charge is 0.258 e. The van der Waals surface area contributed by atoms with E-state index in [0.717, 1.165) is 12.8 Å². The topological polar surface area (TPSA) is 114 Å². The number of sulfonamides is 1. The molecule has 1 N–H and O–H groups in total. The Labute approximate surface area is 211 Å². The number of carbonyl (C=O) groups excluding carboxylic acids is 1. The van der Waals surface area contributed by atoms with E-state index in [1.54, 1.807) is 24.3 Å². The van der Waals surface area contributed by atoms with Gasteiger partial charge in [-0.25, -0.2) is 13.4 Å². The first-order valence-corrected chi connectivity index (χ1v) is 13.7. The van der Waals surface area contributed by atoms with Crippen molar-refractivity contribution >= 4 is 49.7 Å². The number of hydrogen-bond donors (Lipinski definition) is 1. The highest BCUT2D eigenvalue weighted by molar-refractivity contribution is 7.93. The quantitative estimate of drug-likeness (QED) is 0.394. The highest BCUT2D eigenvalue weighted by Gasteiger charge is 2.30. The molecule has 0 atom stereocenters. The number of anilines is 2. The van der Waals surface area contributed by atoms with Gasteiger partial charge in [-0.05, 0) is 49.4 Å². The number of halogens is 1. The lowest BCUT2D eigenvalue weighted by Crippen LogP contribution is -2.25. The van der Waals surface area contributed by atoms with Gasteiger partial charge in [-0.1, -0.05) is 28.9 Å². The van der Waals surface area contributed by atoms with E-state index in [1.807, 2.05) is 0 Å². The van der Waals surface area contributed by atoms with Gasteiger partial charge in [0.2, 0.25) is 15.2 Å². The first kappa shape index (κ1) is 23.5. The summed E-state index contributed by atoms with van der Waals surface area (Å²) in [6.07, 6.45) is 4.20. The van der Waals surface area contributed by atoms with Crippen LogP contribution < -0.4 is 14.4 Å². The maximum absolute atomic E-state index is 13.3. The highest BCUT2D eigenvalue weighted by Crippen LogP contribution is 2.37. The first-order valence-electron chi connectivity index (χ1n) is 10.8. The average Bonchev–Trinajstić information content (AvgIpc) is 3.46. The van der Waals surface area contributed by atoms with Gasteiger partial charge < -0.3 is 4.74 Å². The number of aromatic nitrogens is 3. The molecule has 3 aromatic rings. The highest BCUT2D eigenvalue weighted by atomic mass is 35.5. The van der Waals surface area contributed by atoms with Crippen molar-refractivity contribution in [2.24, 2.45) is 5.92 Å². The van der Waals surface area contributed by atoms with Crippen LogP contribution in [0.4, 0.5) is 10.8 Å². The Kier molecular flexibility index (Phi) is 6.35. The number of ether oxygens (including phenoxy) is 1. The molecule has 2 aliphatic rings. The fourth-order valence-corrected chi connectivity index (χ4v) is 6.02. The molecule has 1 aromatic carbocycles. The van der Waals surface area contributed by atoms with Crippen LogP contribution in [-0.2, 0) is 10.0 Å². The van der Waals surface area contributed by atoms with Crippen molar-refractivity contribution in [3.63, 3.8) is 0 Å². The molecule has 9 nitrogen and oxygen atoms in total. The molecule has 2 aromatic heterocycles. The monoisotopic (exact) mass is 529 g/mol. The second-order valence-corrected chi connectivity index (χ2v) is 11.5. The maximum Gasteiger partial charge on any atom is 0.258 e. The summed E-state index contributed by atoms with van der Waals surface area (Å²) >= 11 is 7.34.